The Bertz CT molecular complexity index is 561. The SMILES string of the molecule is Cc1cccc([C@H]2CCCN2C(=O)CN2CSCC2=O)c1. The van der Waals surface area contributed by atoms with Gasteiger partial charge in [0.15, 0.2) is 0 Å². The van der Waals surface area contributed by atoms with Crippen molar-refractivity contribution in [2.75, 3.05) is 24.7 Å². The molecule has 1 atom stereocenters. The zero-order chi connectivity index (χ0) is 14.8. The van der Waals surface area contributed by atoms with Crippen LogP contribution in [0.15, 0.2) is 24.3 Å². The fourth-order valence-electron chi connectivity index (χ4n) is 3.08. The summed E-state index contributed by atoms with van der Waals surface area (Å²) in [6.07, 6.45) is 2.05. The monoisotopic (exact) mass is 304 g/mol. The number of hydrogen-bond acceptors (Lipinski definition) is 3. The maximum Gasteiger partial charge on any atom is 0.242 e. The molecule has 0 bridgehead atoms. The Kier molecular flexibility index (Phi) is 4.19. The summed E-state index contributed by atoms with van der Waals surface area (Å²) in [6.45, 7) is 3.10. The van der Waals surface area contributed by atoms with Gasteiger partial charge in [-0.3, -0.25) is 9.59 Å². The molecule has 2 saturated heterocycles. The van der Waals surface area contributed by atoms with E-state index in [4.69, 9.17) is 0 Å². The van der Waals surface area contributed by atoms with Crippen LogP contribution in [-0.4, -0.2) is 46.3 Å². The Hall–Kier alpha value is -1.49. The van der Waals surface area contributed by atoms with Gasteiger partial charge in [0, 0.05) is 6.54 Å². The Morgan fingerprint density at radius 1 is 1.43 bits per heavy atom. The number of carbonyl (C=O) groups excluding carboxylic acids is 2. The molecule has 0 N–H and O–H groups in total. The predicted octanol–water partition coefficient (Wildman–Crippen LogP) is 2.19. The quantitative estimate of drug-likeness (QED) is 0.859. The van der Waals surface area contributed by atoms with E-state index in [-0.39, 0.29) is 24.4 Å². The number of hydrogen-bond donors (Lipinski definition) is 0. The van der Waals surface area contributed by atoms with Crippen LogP contribution in [-0.2, 0) is 9.59 Å². The number of amides is 2. The topological polar surface area (TPSA) is 40.6 Å². The van der Waals surface area contributed by atoms with Gasteiger partial charge in [-0.25, -0.2) is 0 Å². The van der Waals surface area contributed by atoms with E-state index in [1.165, 1.54) is 11.1 Å². The van der Waals surface area contributed by atoms with E-state index < -0.39 is 0 Å². The number of carbonyl (C=O) groups is 2. The van der Waals surface area contributed by atoms with Crippen molar-refractivity contribution in [2.24, 2.45) is 0 Å². The van der Waals surface area contributed by atoms with Gasteiger partial charge in [-0.15, -0.1) is 11.8 Å². The maximum absolute atomic E-state index is 12.5. The molecular formula is C16H20N2O2S. The minimum absolute atomic E-state index is 0.0786. The van der Waals surface area contributed by atoms with Crippen molar-refractivity contribution in [3.05, 3.63) is 35.4 Å². The lowest BCUT2D eigenvalue weighted by Gasteiger charge is -2.27. The second kappa shape index (κ2) is 6.10. The molecule has 2 fully saturated rings. The zero-order valence-corrected chi connectivity index (χ0v) is 13.1. The van der Waals surface area contributed by atoms with Gasteiger partial charge >= 0.3 is 0 Å². The first-order valence-electron chi connectivity index (χ1n) is 7.37. The van der Waals surface area contributed by atoms with Gasteiger partial charge in [0.2, 0.25) is 11.8 Å². The van der Waals surface area contributed by atoms with Crippen molar-refractivity contribution in [3.8, 4) is 0 Å². The second-order valence-electron chi connectivity index (χ2n) is 5.73. The molecule has 0 aromatic heterocycles. The maximum atomic E-state index is 12.5. The highest BCUT2D eigenvalue weighted by molar-refractivity contribution is 8.00. The third-order valence-electron chi connectivity index (χ3n) is 4.15. The van der Waals surface area contributed by atoms with Crippen LogP contribution in [0.1, 0.15) is 30.0 Å². The smallest absolute Gasteiger partial charge is 0.242 e. The average Bonchev–Trinajstić information content (AvgIpc) is 3.08. The van der Waals surface area contributed by atoms with Crippen molar-refractivity contribution >= 4 is 23.6 Å². The lowest BCUT2D eigenvalue weighted by Crippen LogP contribution is -2.40. The predicted molar refractivity (Wildman–Crippen MR) is 83.9 cm³/mol. The van der Waals surface area contributed by atoms with Crippen LogP contribution in [0.2, 0.25) is 0 Å². The van der Waals surface area contributed by atoms with Gasteiger partial charge < -0.3 is 9.80 Å². The standard InChI is InChI=1S/C16H20N2O2S/c1-12-4-2-5-13(8-12)14-6-3-7-18(14)15(19)9-17-11-21-10-16(17)20/h2,4-5,8,14H,3,6-7,9-11H2,1H3/t14-/m1/s1. The van der Waals surface area contributed by atoms with Crippen molar-refractivity contribution in [1.82, 2.24) is 9.80 Å². The molecule has 2 aliphatic rings. The number of benzene rings is 1. The Morgan fingerprint density at radius 3 is 3.00 bits per heavy atom. The fourth-order valence-corrected chi connectivity index (χ4v) is 3.99. The van der Waals surface area contributed by atoms with E-state index in [2.05, 4.69) is 25.1 Å². The molecule has 2 aliphatic heterocycles. The van der Waals surface area contributed by atoms with Crippen LogP contribution in [0.3, 0.4) is 0 Å². The van der Waals surface area contributed by atoms with Crippen molar-refractivity contribution in [2.45, 2.75) is 25.8 Å². The molecule has 0 spiro atoms. The van der Waals surface area contributed by atoms with Crippen molar-refractivity contribution < 1.29 is 9.59 Å². The van der Waals surface area contributed by atoms with Gasteiger partial charge in [0.25, 0.3) is 0 Å². The van der Waals surface area contributed by atoms with E-state index in [0.29, 0.717) is 11.6 Å². The number of rotatable bonds is 3. The third-order valence-corrected chi connectivity index (χ3v) is 5.10. The highest BCUT2D eigenvalue weighted by atomic mass is 32.2. The molecule has 21 heavy (non-hydrogen) atoms. The summed E-state index contributed by atoms with van der Waals surface area (Å²) in [6, 6.07) is 8.55. The summed E-state index contributed by atoms with van der Waals surface area (Å²) in [5, 5.41) is 0. The average molecular weight is 304 g/mol. The summed E-state index contributed by atoms with van der Waals surface area (Å²) in [5.41, 5.74) is 2.43. The highest BCUT2D eigenvalue weighted by Gasteiger charge is 2.32. The lowest BCUT2D eigenvalue weighted by molar-refractivity contribution is -0.138. The molecule has 0 saturated carbocycles. The molecule has 112 valence electrons. The molecule has 2 amide bonds. The van der Waals surface area contributed by atoms with Gasteiger partial charge in [-0.05, 0) is 25.3 Å². The summed E-state index contributed by atoms with van der Waals surface area (Å²) in [5.74, 6) is 1.32. The number of aryl methyl sites for hydroxylation is 1. The first-order valence-corrected chi connectivity index (χ1v) is 8.52. The first kappa shape index (κ1) is 14.4. The van der Waals surface area contributed by atoms with E-state index in [1.807, 2.05) is 11.0 Å². The van der Waals surface area contributed by atoms with Gasteiger partial charge in [-0.2, -0.15) is 0 Å². The van der Waals surface area contributed by atoms with E-state index in [9.17, 15) is 9.59 Å². The largest absolute Gasteiger partial charge is 0.334 e. The van der Waals surface area contributed by atoms with E-state index >= 15 is 0 Å². The van der Waals surface area contributed by atoms with Gasteiger partial charge in [-0.1, -0.05) is 29.8 Å². The lowest BCUT2D eigenvalue weighted by atomic mass is 10.0. The normalized spacial score (nSPS) is 22.1. The zero-order valence-electron chi connectivity index (χ0n) is 12.2. The Balaban J connectivity index is 1.71. The second-order valence-corrected chi connectivity index (χ2v) is 6.68. The molecule has 5 heteroatoms. The van der Waals surface area contributed by atoms with Crippen LogP contribution < -0.4 is 0 Å². The minimum atomic E-state index is 0.0786. The summed E-state index contributed by atoms with van der Waals surface area (Å²) < 4.78 is 0. The van der Waals surface area contributed by atoms with Crippen molar-refractivity contribution in [1.29, 1.82) is 0 Å². The van der Waals surface area contributed by atoms with Crippen LogP contribution in [0.25, 0.3) is 0 Å². The van der Waals surface area contributed by atoms with Crippen molar-refractivity contribution in [3.63, 3.8) is 0 Å². The van der Waals surface area contributed by atoms with Crippen LogP contribution in [0.5, 0.6) is 0 Å². The fraction of sp³-hybridized carbons (Fsp3) is 0.500. The molecular weight excluding hydrogens is 284 g/mol. The number of likely N-dealkylation sites (tertiary alicyclic amines) is 1. The molecule has 3 rings (SSSR count). The molecule has 0 unspecified atom stereocenters. The Morgan fingerprint density at radius 2 is 2.29 bits per heavy atom. The molecule has 0 radical (unpaired) electrons. The Labute approximate surface area is 129 Å². The van der Waals surface area contributed by atoms with Crippen LogP contribution in [0, 0.1) is 6.92 Å². The number of thioether (sulfide) groups is 1. The summed E-state index contributed by atoms with van der Waals surface area (Å²) >= 11 is 1.58. The van der Waals surface area contributed by atoms with E-state index in [1.54, 1.807) is 16.7 Å². The number of nitrogens with zero attached hydrogens (tertiary/aromatic N) is 2. The summed E-state index contributed by atoms with van der Waals surface area (Å²) in [4.78, 5) is 27.8. The minimum Gasteiger partial charge on any atom is -0.334 e. The van der Waals surface area contributed by atoms with Crippen LogP contribution in [0.4, 0.5) is 0 Å². The molecule has 4 nitrogen and oxygen atoms in total. The highest BCUT2D eigenvalue weighted by Crippen LogP contribution is 2.32. The molecule has 1 aromatic rings. The summed E-state index contributed by atoms with van der Waals surface area (Å²) in [7, 11) is 0. The molecule has 1 aromatic carbocycles. The first-order chi connectivity index (χ1) is 10.1. The third kappa shape index (κ3) is 3.07. The molecule has 0 aliphatic carbocycles. The molecule has 2 heterocycles. The van der Waals surface area contributed by atoms with E-state index in [0.717, 1.165) is 19.4 Å². The van der Waals surface area contributed by atoms with Gasteiger partial charge in [0.1, 0.15) is 6.54 Å². The van der Waals surface area contributed by atoms with Gasteiger partial charge in [0.05, 0.1) is 17.7 Å². The van der Waals surface area contributed by atoms with Crippen LogP contribution >= 0.6 is 11.8 Å².